The summed E-state index contributed by atoms with van der Waals surface area (Å²) < 4.78 is 1.55. The van der Waals surface area contributed by atoms with Crippen molar-refractivity contribution in [2.24, 2.45) is 0 Å². The molecule has 2 aromatic carbocycles. The summed E-state index contributed by atoms with van der Waals surface area (Å²) in [4.78, 5) is 29.9. The first-order valence-corrected chi connectivity index (χ1v) is 10.8. The van der Waals surface area contributed by atoms with Crippen molar-refractivity contribution in [1.82, 2.24) is 9.55 Å². The van der Waals surface area contributed by atoms with Crippen LogP contribution in [0.1, 0.15) is 21.5 Å². The van der Waals surface area contributed by atoms with Gasteiger partial charge in [-0.15, -0.1) is 11.8 Å². The minimum atomic E-state index is -0.415. The molecule has 0 atom stereocenters. The van der Waals surface area contributed by atoms with Crippen molar-refractivity contribution in [3.05, 3.63) is 124 Å². The quantitative estimate of drug-likeness (QED) is 0.429. The number of nitrogens with zero attached hydrogens (tertiary/aromatic N) is 2. The predicted molar refractivity (Wildman–Crippen MR) is 124 cm³/mol. The van der Waals surface area contributed by atoms with E-state index in [0.29, 0.717) is 12.2 Å². The van der Waals surface area contributed by atoms with Crippen LogP contribution in [0.4, 0.5) is 5.69 Å². The number of carbonyl (C=O) groups is 1. The third-order valence-corrected chi connectivity index (χ3v) is 5.68. The first kappa shape index (κ1) is 20.6. The molecule has 154 valence electrons. The summed E-state index contributed by atoms with van der Waals surface area (Å²) in [5.41, 5.74) is 2.52. The number of hydrogen-bond donors (Lipinski definition) is 1. The van der Waals surface area contributed by atoms with E-state index in [-0.39, 0.29) is 11.1 Å². The zero-order valence-corrected chi connectivity index (χ0v) is 17.6. The van der Waals surface area contributed by atoms with Gasteiger partial charge < -0.3 is 9.88 Å². The molecule has 0 unspecified atom stereocenters. The maximum Gasteiger partial charge on any atom is 0.263 e. The molecular weight excluding hydrogens is 406 g/mol. The number of amides is 1. The van der Waals surface area contributed by atoms with Crippen LogP contribution >= 0.6 is 11.8 Å². The molecule has 6 heteroatoms. The van der Waals surface area contributed by atoms with Gasteiger partial charge in [0.15, 0.2) is 0 Å². The lowest BCUT2D eigenvalue weighted by Gasteiger charge is -2.10. The summed E-state index contributed by atoms with van der Waals surface area (Å²) in [6, 6.07) is 26.4. The van der Waals surface area contributed by atoms with Crippen LogP contribution in [0.5, 0.6) is 0 Å². The van der Waals surface area contributed by atoms with E-state index in [1.165, 1.54) is 0 Å². The Morgan fingerprint density at radius 1 is 0.903 bits per heavy atom. The summed E-state index contributed by atoms with van der Waals surface area (Å²) in [6.45, 7) is 0.418. The number of thioether (sulfide) groups is 1. The molecule has 2 aromatic heterocycles. The Balaban J connectivity index is 1.46. The molecule has 2 heterocycles. The van der Waals surface area contributed by atoms with Gasteiger partial charge in [0.05, 0.1) is 11.6 Å². The fraction of sp³-hybridized carbons (Fsp3) is 0.0800. The molecule has 0 saturated carbocycles. The van der Waals surface area contributed by atoms with E-state index < -0.39 is 5.91 Å². The molecule has 4 aromatic rings. The molecule has 0 aliphatic rings. The Bertz CT molecular complexity index is 1220. The van der Waals surface area contributed by atoms with Crippen molar-refractivity contribution in [2.75, 3.05) is 5.32 Å². The molecule has 0 saturated heterocycles. The average molecular weight is 428 g/mol. The van der Waals surface area contributed by atoms with E-state index in [1.807, 2.05) is 72.8 Å². The predicted octanol–water partition coefficient (Wildman–Crippen LogP) is 4.84. The van der Waals surface area contributed by atoms with Gasteiger partial charge in [-0.3, -0.25) is 9.59 Å². The van der Waals surface area contributed by atoms with Crippen molar-refractivity contribution in [1.29, 1.82) is 0 Å². The van der Waals surface area contributed by atoms with Crippen molar-refractivity contribution in [3.8, 4) is 0 Å². The molecule has 4 rings (SSSR count). The lowest BCUT2D eigenvalue weighted by molar-refractivity contribution is 0.102. The lowest BCUT2D eigenvalue weighted by Crippen LogP contribution is -2.29. The van der Waals surface area contributed by atoms with Gasteiger partial charge in [-0.05, 0) is 47.5 Å². The highest BCUT2D eigenvalue weighted by molar-refractivity contribution is 7.98. The van der Waals surface area contributed by atoms with E-state index in [2.05, 4.69) is 10.3 Å². The zero-order chi connectivity index (χ0) is 21.5. The van der Waals surface area contributed by atoms with E-state index in [4.69, 9.17) is 0 Å². The van der Waals surface area contributed by atoms with E-state index >= 15 is 0 Å². The number of hydrogen-bond acceptors (Lipinski definition) is 4. The number of carbonyl (C=O) groups excluding carboxylic acids is 1. The van der Waals surface area contributed by atoms with Gasteiger partial charge in [0.1, 0.15) is 5.56 Å². The number of anilines is 1. The fourth-order valence-electron chi connectivity index (χ4n) is 3.14. The Labute approximate surface area is 184 Å². The molecule has 0 spiro atoms. The Morgan fingerprint density at radius 3 is 2.52 bits per heavy atom. The highest BCUT2D eigenvalue weighted by Crippen LogP contribution is 2.22. The molecule has 0 aliphatic carbocycles. The van der Waals surface area contributed by atoms with Gasteiger partial charge in [-0.25, -0.2) is 4.98 Å². The molecule has 31 heavy (non-hydrogen) atoms. The third kappa shape index (κ3) is 5.49. The maximum atomic E-state index is 12.8. The van der Waals surface area contributed by atoms with Crippen LogP contribution in [0, 0.1) is 0 Å². The molecule has 1 N–H and O–H groups in total. The van der Waals surface area contributed by atoms with Gasteiger partial charge in [0.25, 0.3) is 11.5 Å². The van der Waals surface area contributed by atoms with Crippen molar-refractivity contribution in [3.63, 3.8) is 0 Å². The molecule has 0 fully saturated rings. The number of nitrogens with one attached hydrogen (secondary N) is 1. The van der Waals surface area contributed by atoms with Crippen LogP contribution in [-0.4, -0.2) is 15.5 Å². The first-order chi connectivity index (χ1) is 15.2. The standard InChI is InChI=1S/C25H21N3O2S/c29-24(22-12-7-15-28(25(22)30)17-19-8-2-1-3-9-19)27-21-11-6-10-20(16-21)18-31-23-13-4-5-14-26-23/h1-16H,17-18H2,(H,27,29). The van der Waals surface area contributed by atoms with Crippen LogP contribution in [-0.2, 0) is 12.3 Å². The average Bonchev–Trinajstić information content (AvgIpc) is 2.81. The van der Waals surface area contributed by atoms with Crippen molar-refractivity contribution in [2.45, 2.75) is 17.3 Å². The lowest BCUT2D eigenvalue weighted by atomic mass is 10.2. The minimum Gasteiger partial charge on any atom is -0.322 e. The van der Waals surface area contributed by atoms with Crippen LogP contribution in [0.3, 0.4) is 0 Å². The molecule has 0 aliphatic heterocycles. The second-order valence-corrected chi connectivity index (χ2v) is 7.95. The minimum absolute atomic E-state index is 0.117. The molecule has 0 bridgehead atoms. The van der Waals surface area contributed by atoms with Gasteiger partial charge in [0.2, 0.25) is 0 Å². The van der Waals surface area contributed by atoms with Gasteiger partial charge in [-0.1, -0.05) is 48.5 Å². The van der Waals surface area contributed by atoms with Gasteiger partial charge in [0, 0.05) is 23.8 Å². The number of benzene rings is 2. The number of aromatic nitrogens is 2. The number of pyridine rings is 2. The van der Waals surface area contributed by atoms with Crippen LogP contribution in [0.25, 0.3) is 0 Å². The Morgan fingerprint density at radius 2 is 1.71 bits per heavy atom. The zero-order valence-electron chi connectivity index (χ0n) is 16.8. The topological polar surface area (TPSA) is 64.0 Å². The van der Waals surface area contributed by atoms with Crippen LogP contribution in [0.2, 0.25) is 0 Å². The normalized spacial score (nSPS) is 10.6. The summed E-state index contributed by atoms with van der Waals surface area (Å²) in [6.07, 6.45) is 3.46. The van der Waals surface area contributed by atoms with Crippen LogP contribution in [0.15, 0.2) is 107 Å². The molecule has 0 radical (unpaired) electrons. The highest BCUT2D eigenvalue weighted by Gasteiger charge is 2.13. The summed E-state index contributed by atoms with van der Waals surface area (Å²) >= 11 is 1.63. The fourth-order valence-corrected chi connectivity index (χ4v) is 3.95. The molecule has 1 amide bonds. The first-order valence-electron chi connectivity index (χ1n) is 9.86. The van der Waals surface area contributed by atoms with Gasteiger partial charge in [-0.2, -0.15) is 0 Å². The number of rotatable bonds is 7. The maximum absolute atomic E-state index is 12.8. The smallest absolute Gasteiger partial charge is 0.263 e. The Hall–Kier alpha value is -3.64. The second kappa shape index (κ2) is 9.91. The third-order valence-electron chi connectivity index (χ3n) is 4.67. The molecular formula is C25H21N3O2S. The van der Waals surface area contributed by atoms with Crippen molar-refractivity contribution >= 4 is 23.4 Å². The highest BCUT2D eigenvalue weighted by atomic mass is 32.2. The largest absolute Gasteiger partial charge is 0.322 e. The van der Waals surface area contributed by atoms with E-state index in [1.54, 1.807) is 40.9 Å². The SMILES string of the molecule is O=C(Nc1cccc(CSc2ccccn2)c1)c1cccn(Cc2ccccc2)c1=O. The van der Waals surface area contributed by atoms with Crippen LogP contribution < -0.4 is 10.9 Å². The van der Waals surface area contributed by atoms with E-state index in [9.17, 15) is 9.59 Å². The van der Waals surface area contributed by atoms with E-state index in [0.717, 1.165) is 21.9 Å². The summed E-state index contributed by atoms with van der Waals surface area (Å²) in [7, 11) is 0. The monoisotopic (exact) mass is 427 g/mol. The molecule has 5 nitrogen and oxygen atoms in total. The summed E-state index contributed by atoms with van der Waals surface area (Å²) in [5, 5.41) is 3.80. The Kier molecular flexibility index (Phi) is 6.59. The second-order valence-electron chi connectivity index (χ2n) is 6.95. The summed E-state index contributed by atoms with van der Waals surface area (Å²) in [5.74, 6) is 0.317. The van der Waals surface area contributed by atoms with Crippen molar-refractivity contribution < 1.29 is 4.79 Å². The van der Waals surface area contributed by atoms with Gasteiger partial charge >= 0.3 is 0 Å².